The molecule has 0 bridgehead atoms. The molecule has 1 amide bonds. The van der Waals surface area contributed by atoms with Crippen molar-refractivity contribution in [1.82, 2.24) is 10.3 Å². The summed E-state index contributed by atoms with van der Waals surface area (Å²) in [4.78, 5) is 28.2. The first-order chi connectivity index (χ1) is 14.3. The van der Waals surface area contributed by atoms with Gasteiger partial charge in [0, 0.05) is 18.2 Å². The molecule has 1 atom stereocenters. The van der Waals surface area contributed by atoms with Gasteiger partial charge in [0.05, 0.1) is 19.4 Å². The fourth-order valence-electron chi connectivity index (χ4n) is 2.74. The third-order valence-electron chi connectivity index (χ3n) is 4.11. The number of carbonyl (C=O) groups is 2. The maximum absolute atomic E-state index is 12.6. The molecule has 2 rings (SSSR count). The van der Waals surface area contributed by atoms with E-state index in [0.717, 1.165) is 0 Å². The Morgan fingerprint density at radius 1 is 1.17 bits per heavy atom. The average molecular weight is 499 g/mol. The second-order valence-electron chi connectivity index (χ2n) is 6.32. The molecule has 10 heteroatoms. The summed E-state index contributed by atoms with van der Waals surface area (Å²) < 4.78 is 23.7. The van der Waals surface area contributed by atoms with Crippen LogP contribution < -0.4 is 5.32 Å². The molecule has 0 saturated carbocycles. The van der Waals surface area contributed by atoms with E-state index < -0.39 is 25.5 Å². The summed E-state index contributed by atoms with van der Waals surface area (Å²) in [6.07, 6.45) is 1.75. The smallest absolute Gasteiger partial charge is 0.335 e. The van der Waals surface area contributed by atoms with E-state index in [1.54, 1.807) is 56.4 Å². The Labute approximate surface area is 183 Å². The number of carbonyl (C=O) groups excluding carboxylic acids is 1. The van der Waals surface area contributed by atoms with Crippen LogP contribution in [-0.4, -0.2) is 41.2 Å². The number of carboxylic acid groups (broad SMARTS) is 1. The van der Waals surface area contributed by atoms with E-state index in [9.17, 15) is 19.3 Å². The Hall–Kier alpha value is -2.06. The van der Waals surface area contributed by atoms with Crippen molar-refractivity contribution in [3.8, 4) is 0 Å². The lowest BCUT2D eigenvalue weighted by atomic mass is 10.1. The molecule has 2 aromatic rings. The maximum Gasteiger partial charge on any atom is 0.335 e. The molecule has 1 aromatic carbocycles. The van der Waals surface area contributed by atoms with Crippen LogP contribution in [0.5, 0.6) is 0 Å². The van der Waals surface area contributed by atoms with Gasteiger partial charge in [-0.1, -0.05) is 18.2 Å². The molecule has 162 valence electrons. The Morgan fingerprint density at radius 3 is 2.33 bits per heavy atom. The first-order valence-corrected chi connectivity index (χ1v) is 11.9. The number of aromatic nitrogens is 1. The van der Waals surface area contributed by atoms with Gasteiger partial charge < -0.3 is 19.5 Å². The van der Waals surface area contributed by atoms with Crippen molar-refractivity contribution in [1.29, 1.82) is 0 Å². The van der Waals surface area contributed by atoms with E-state index in [-0.39, 0.29) is 31.4 Å². The van der Waals surface area contributed by atoms with Crippen LogP contribution in [-0.2, 0) is 31.0 Å². The quantitative estimate of drug-likeness (QED) is 0.354. The van der Waals surface area contributed by atoms with Gasteiger partial charge in [-0.05, 0) is 59.1 Å². The summed E-state index contributed by atoms with van der Waals surface area (Å²) in [5.41, 5.74) is 1.65. The minimum Gasteiger partial charge on any atom is -0.480 e. The first-order valence-electron chi connectivity index (χ1n) is 9.38. The molecule has 0 fully saturated rings. The molecule has 0 radical (unpaired) electrons. The van der Waals surface area contributed by atoms with Gasteiger partial charge in [0.2, 0.25) is 0 Å². The van der Waals surface area contributed by atoms with Gasteiger partial charge in [0.1, 0.15) is 10.6 Å². The zero-order chi connectivity index (χ0) is 22.1. The molecule has 0 aliphatic rings. The summed E-state index contributed by atoms with van der Waals surface area (Å²) in [7, 11) is -3.25. The second kappa shape index (κ2) is 11.4. The Balaban J connectivity index is 2.07. The van der Waals surface area contributed by atoms with Crippen molar-refractivity contribution < 1.29 is 28.3 Å². The number of halogens is 1. The highest BCUT2D eigenvalue weighted by molar-refractivity contribution is 9.10. The number of aliphatic carboxylic acids is 1. The number of amides is 1. The molecular formula is C20H24BrN2O6P. The van der Waals surface area contributed by atoms with Gasteiger partial charge >= 0.3 is 13.6 Å². The molecule has 0 saturated heterocycles. The van der Waals surface area contributed by atoms with Crippen molar-refractivity contribution in [3.05, 3.63) is 63.9 Å². The third-order valence-corrected chi connectivity index (χ3v) is 6.88. The minimum atomic E-state index is -3.25. The lowest BCUT2D eigenvalue weighted by Crippen LogP contribution is -2.42. The Morgan fingerprint density at radius 2 is 1.80 bits per heavy atom. The number of rotatable bonds is 11. The van der Waals surface area contributed by atoms with Gasteiger partial charge in [-0.25, -0.2) is 9.78 Å². The van der Waals surface area contributed by atoms with Gasteiger partial charge in [0.15, 0.2) is 0 Å². The number of hydrogen-bond donors (Lipinski definition) is 2. The molecule has 1 heterocycles. The average Bonchev–Trinajstić information content (AvgIpc) is 2.69. The zero-order valence-electron chi connectivity index (χ0n) is 16.7. The summed E-state index contributed by atoms with van der Waals surface area (Å²) >= 11 is 3.28. The second-order valence-corrected chi connectivity index (χ2v) is 9.13. The summed E-state index contributed by atoms with van der Waals surface area (Å²) in [6.45, 7) is 4.01. The molecule has 1 aromatic heterocycles. The van der Waals surface area contributed by atoms with Crippen molar-refractivity contribution in [3.63, 3.8) is 0 Å². The van der Waals surface area contributed by atoms with E-state index in [0.29, 0.717) is 15.7 Å². The van der Waals surface area contributed by atoms with Gasteiger partial charge in [-0.3, -0.25) is 9.36 Å². The van der Waals surface area contributed by atoms with Crippen LogP contribution in [0.2, 0.25) is 0 Å². The predicted molar refractivity (Wildman–Crippen MR) is 116 cm³/mol. The van der Waals surface area contributed by atoms with E-state index in [4.69, 9.17) is 9.05 Å². The highest BCUT2D eigenvalue weighted by Crippen LogP contribution is 2.51. The van der Waals surface area contributed by atoms with Crippen molar-refractivity contribution in [2.75, 3.05) is 13.2 Å². The number of pyridine rings is 1. The molecule has 0 spiro atoms. The van der Waals surface area contributed by atoms with Crippen LogP contribution in [0.1, 0.15) is 35.3 Å². The van der Waals surface area contributed by atoms with Crippen LogP contribution >= 0.6 is 23.5 Å². The number of nitrogens with one attached hydrogen (secondary N) is 1. The molecule has 0 aliphatic heterocycles. The summed E-state index contributed by atoms with van der Waals surface area (Å²) in [6, 6.07) is 8.71. The summed E-state index contributed by atoms with van der Waals surface area (Å²) in [5, 5.41) is 12.0. The number of nitrogens with zero attached hydrogens (tertiary/aromatic N) is 1. The maximum atomic E-state index is 12.6. The van der Waals surface area contributed by atoms with Crippen LogP contribution in [0.3, 0.4) is 0 Å². The van der Waals surface area contributed by atoms with E-state index in [1.165, 1.54) is 0 Å². The molecule has 30 heavy (non-hydrogen) atoms. The highest BCUT2D eigenvalue weighted by Gasteiger charge is 2.25. The zero-order valence-corrected chi connectivity index (χ0v) is 19.2. The van der Waals surface area contributed by atoms with Crippen molar-refractivity contribution >= 4 is 35.4 Å². The van der Waals surface area contributed by atoms with Crippen LogP contribution in [0.4, 0.5) is 0 Å². The Kier molecular flexibility index (Phi) is 9.17. The Bertz CT molecular complexity index is 912. The van der Waals surface area contributed by atoms with E-state index >= 15 is 0 Å². The lowest BCUT2D eigenvalue weighted by molar-refractivity contribution is -0.139. The number of carboxylic acids is 1. The van der Waals surface area contributed by atoms with Crippen LogP contribution in [0.25, 0.3) is 0 Å². The molecule has 0 aliphatic carbocycles. The first kappa shape index (κ1) is 24.2. The fourth-order valence-corrected chi connectivity index (χ4v) is 4.85. The van der Waals surface area contributed by atoms with Crippen LogP contribution in [0, 0.1) is 0 Å². The fraction of sp³-hybridized carbons (Fsp3) is 0.350. The SMILES string of the molecule is CCOP(=O)(Cc1ccc(C(=O)N[C@@H](Cc2cccnc2Br)C(=O)O)cc1)OCC. The largest absolute Gasteiger partial charge is 0.480 e. The predicted octanol–water partition coefficient (Wildman–Crippen LogP) is 4.04. The van der Waals surface area contributed by atoms with Gasteiger partial charge in [-0.2, -0.15) is 0 Å². The van der Waals surface area contributed by atoms with E-state index in [1.807, 2.05) is 0 Å². The summed E-state index contributed by atoms with van der Waals surface area (Å²) in [5.74, 6) is -1.67. The number of hydrogen-bond acceptors (Lipinski definition) is 6. The van der Waals surface area contributed by atoms with Gasteiger partial charge in [-0.15, -0.1) is 0 Å². The number of benzene rings is 1. The molecular weight excluding hydrogens is 475 g/mol. The molecule has 8 nitrogen and oxygen atoms in total. The van der Waals surface area contributed by atoms with Gasteiger partial charge in [0.25, 0.3) is 5.91 Å². The lowest BCUT2D eigenvalue weighted by Gasteiger charge is -2.17. The monoisotopic (exact) mass is 498 g/mol. The normalized spacial score (nSPS) is 12.4. The standard InChI is InChI=1S/C20H24BrN2O6P/c1-3-28-30(27,29-4-2)13-14-7-9-15(10-8-14)19(24)23-17(20(25)26)12-16-6-5-11-22-18(16)21/h5-11,17H,3-4,12-13H2,1-2H3,(H,23,24)(H,25,26)/t17-/m0/s1. The molecule has 0 unspecified atom stereocenters. The van der Waals surface area contributed by atoms with Crippen molar-refractivity contribution in [2.24, 2.45) is 0 Å². The third kappa shape index (κ3) is 7.02. The van der Waals surface area contributed by atoms with Crippen molar-refractivity contribution in [2.45, 2.75) is 32.5 Å². The van der Waals surface area contributed by atoms with E-state index in [2.05, 4.69) is 26.2 Å². The highest BCUT2D eigenvalue weighted by atomic mass is 79.9. The van der Waals surface area contributed by atoms with Crippen LogP contribution in [0.15, 0.2) is 47.2 Å². The topological polar surface area (TPSA) is 115 Å². The minimum absolute atomic E-state index is 0.0828. The molecule has 2 N–H and O–H groups in total.